The van der Waals surface area contributed by atoms with Crippen LogP contribution in [0.15, 0.2) is 30.3 Å². The summed E-state index contributed by atoms with van der Waals surface area (Å²) in [7, 11) is 0. The number of nitrogen functional groups attached to an aromatic ring is 1. The zero-order valence-corrected chi connectivity index (χ0v) is 10.5. The molecule has 7 nitrogen and oxygen atoms in total. The molecule has 0 aliphatic rings. The summed E-state index contributed by atoms with van der Waals surface area (Å²) in [6, 6.07) is 9.50. The van der Waals surface area contributed by atoms with Gasteiger partial charge in [0.2, 0.25) is 5.95 Å². The van der Waals surface area contributed by atoms with Gasteiger partial charge in [-0.15, -0.1) is 4.98 Å². The maximum atomic E-state index is 5.50. The number of nitrogens with zero attached hydrogens (tertiary/aromatic N) is 3. The van der Waals surface area contributed by atoms with Crippen molar-refractivity contribution in [3.05, 3.63) is 30.3 Å². The molecule has 1 heterocycles. The van der Waals surface area contributed by atoms with Crippen LogP contribution in [0, 0.1) is 0 Å². The molecule has 0 aliphatic heterocycles. The van der Waals surface area contributed by atoms with Gasteiger partial charge >= 0.3 is 12.0 Å². The molecule has 0 saturated carbocycles. The van der Waals surface area contributed by atoms with Gasteiger partial charge in [0.15, 0.2) is 0 Å². The average Bonchev–Trinajstić information content (AvgIpc) is 2.46. The van der Waals surface area contributed by atoms with Gasteiger partial charge in [-0.25, -0.2) is 5.84 Å². The Kier molecular flexibility index (Phi) is 4.46. The lowest BCUT2D eigenvalue weighted by atomic mass is 10.3. The quantitative estimate of drug-likeness (QED) is 0.604. The van der Waals surface area contributed by atoms with Crippen LogP contribution < -0.4 is 20.7 Å². The van der Waals surface area contributed by atoms with E-state index < -0.39 is 0 Å². The number of anilines is 1. The van der Waals surface area contributed by atoms with Crippen molar-refractivity contribution < 1.29 is 9.47 Å². The summed E-state index contributed by atoms with van der Waals surface area (Å²) in [5, 5.41) is 0. The highest BCUT2D eigenvalue weighted by atomic mass is 16.5. The number of ether oxygens (including phenoxy) is 2. The summed E-state index contributed by atoms with van der Waals surface area (Å²) in [5.74, 6) is 6.11. The van der Waals surface area contributed by atoms with E-state index in [2.05, 4.69) is 20.4 Å². The normalized spacial score (nSPS) is 10.0. The molecule has 0 bridgehead atoms. The lowest BCUT2D eigenvalue weighted by Crippen LogP contribution is -2.13. The fourth-order valence-electron chi connectivity index (χ4n) is 1.30. The standard InChI is InChI=1S/C12H15N5O2/c1-2-8-18-11-14-10(17-13)15-12(16-11)19-9-6-4-3-5-7-9/h3-7H,2,8,13H2,1H3,(H,14,15,16,17). The van der Waals surface area contributed by atoms with Crippen LogP contribution in [0.4, 0.5) is 5.95 Å². The number of nitrogens with one attached hydrogen (secondary N) is 1. The average molecular weight is 261 g/mol. The predicted octanol–water partition coefficient (Wildman–Crippen LogP) is 1.74. The van der Waals surface area contributed by atoms with E-state index in [1.807, 2.05) is 25.1 Å². The van der Waals surface area contributed by atoms with E-state index in [1.165, 1.54) is 0 Å². The van der Waals surface area contributed by atoms with Crippen LogP contribution in [0.3, 0.4) is 0 Å². The third-order valence-corrected chi connectivity index (χ3v) is 2.11. The fraction of sp³-hybridized carbons (Fsp3) is 0.250. The number of benzene rings is 1. The molecule has 7 heteroatoms. The molecular weight excluding hydrogens is 246 g/mol. The SMILES string of the molecule is CCCOc1nc(NN)nc(Oc2ccccc2)n1. The second-order valence-electron chi connectivity index (χ2n) is 3.63. The van der Waals surface area contributed by atoms with Crippen LogP contribution in [0.25, 0.3) is 0 Å². The van der Waals surface area contributed by atoms with Crippen molar-refractivity contribution in [3.63, 3.8) is 0 Å². The first-order chi connectivity index (χ1) is 9.31. The van der Waals surface area contributed by atoms with Crippen LogP contribution in [-0.4, -0.2) is 21.6 Å². The first-order valence-electron chi connectivity index (χ1n) is 5.90. The first-order valence-corrected chi connectivity index (χ1v) is 5.90. The molecule has 2 aromatic rings. The largest absolute Gasteiger partial charge is 0.463 e. The first kappa shape index (κ1) is 13.0. The maximum Gasteiger partial charge on any atom is 0.330 e. The number of hydrazine groups is 1. The summed E-state index contributed by atoms with van der Waals surface area (Å²) < 4.78 is 10.8. The molecule has 3 N–H and O–H groups in total. The van der Waals surface area contributed by atoms with Crippen LogP contribution in [0.1, 0.15) is 13.3 Å². The summed E-state index contributed by atoms with van der Waals surface area (Å²) in [5.41, 5.74) is 2.35. The second-order valence-corrected chi connectivity index (χ2v) is 3.63. The number of nitrogens with two attached hydrogens (primary N) is 1. The molecule has 0 atom stereocenters. The maximum absolute atomic E-state index is 5.50. The Morgan fingerprint density at radius 1 is 1.11 bits per heavy atom. The summed E-state index contributed by atoms with van der Waals surface area (Å²) in [6.07, 6.45) is 0.853. The molecule has 0 spiro atoms. The summed E-state index contributed by atoms with van der Waals surface area (Å²) in [4.78, 5) is 12.0. The third-order valence-electron chi connectivity index (χ3n) is 2.11. The summed E-state index contributed by atoms with van der Waals surface area (Å²) in [6.45, 7) is 2.50. The fourth-order valence-corrected chi connectivity index (χ4v) is 1.30. The van der Waals surface area contributed by atoms with E-state index in [0.29, 0.717) is 12.4 Å². The highest BCUT2D eigenvalue weighted by molar-refractivity contribution is 5.29. The molecule has 0 radical (unpaired) electrons. The van der Waals surface area contributed by atoms with Crippen molar-refractivity contribution in [1.29, 1.82) is 0 Å². The van der Waals surface area contributed by atoms with Gasteiger partial charge in [0, 0.05) is 0 Å². The molecule has 0 fully saturated rings. The molecule has 19 heavy (non-hydrogen) atoms. The Balaban J connectivity index is 2.19. The molecule has 1 aromatic carbocycles. The van der Waals surface area contributed by atoms with Crippen molar-refractivity contribution in [2.75, 3.05) is 12.0 Å². The zero-order valence-electron chi connectivity index (χ0n) is 10.5. The van der Waals surface area contributed by atoms with E-state index in [0.717, 1.165) is 6.42 Å². The van der Waals surface area contributed by atoms with Crippen molar-refractivity contribution >= 4 is 5.95 Å². The zero-order chi connectivity index (χ0) is 13.5. The van der Waals surface area contributed by atoms with E-state index in [9.17, 15) is 0 Å². The highest BCUT2D eigenvalue weighted by Crippen LogP contribution is 2.19. The third kappa shape index (κ3) is 3.78. The van der Waals surface area contributed by atoms with Gasteiger partial charge < -0.3 is 9.47 Å². The Morgan fingerprint density at radius 2 is 1.84 bits per heavy atom. The van der Waals surface area contributed by atoms with Gasteiger partial charge in [-0.2, -0.15) is 9.97 Å². The van der Waals surface area contributed by atoms with Crippen molar-refractivity contribution in [3.8, 4) is 17.8 Å². The van der Waals surface area contributed by atoms with Gasteiger partial charge in [-0.1, -0.05) is 25.1 Å². The van der Waals surface area contributed by atoms with Crippen LogP contribution in [-0.2, 0) is 0 Å². The number of rotatable bonds is 6. The predicted molar refractivity (Wildman–Crippen MR) is 69.9 cm³/mol. The molecule has 0 amide bonds. The van der Waals surface area contributed by atoms with Crippen LogP contribution in [0.5, 0.6) is 17.8 Å². The Bertz CT molecular complexity index is 521. The van der Waals surface area contributed by atoms with Gasteiger partial charge in [0.25, 0.3) is 0 Å². The van der Waals surface area contributed by atoms with E-state index in [-0.39, 0.29) is 18.0 Å². The molecular formula is C12H15N5O2. The van der Waals surface area contributed by atoms with Gasteiger partial charge in [0.05, 0.1) is 6.61 Å². The molecule has 2 rings (SSSR count). The van der Waals surface area contributed by atoms with E-state index in [1.54, 1.807) is 12.1 Å². The molecule has 100 valence electrons. The van der Waals surface area contributed by atoms with Gasteiger partial charge in [-0.3, -0.25) is 5.43 Å². The van der Waals surface area contributed by atoms with Crippen molar-refractivity contribution in [1.82, 2.24) is 15.0 Å². The van der Waals surface area contributed by atoms with Crippen molar-refractivity contribution in [2.45, 2.75) is 13.3 Å². The minimum atomic E-state index is 0.125. The number of hydrogen-bond donors (Lipinski definition) is 2. The molecule has 0 aliphatic carbocycles. The smallest absolute Gasteiger partial charge is 0.330 e. The lowest BCUT2D eigenvalue weighted by Gasteiger charge is -2.07. The minimum Gasteiger partial charge on any atom is -0.463 e. The Labute approximate surface area is 110 Å². The number of para-hydroxylation sites is 1. The topological polar surface area (TPSA) is 95.2 Å². The van der Waals surface area contributed by atoms with Crippen molar-refractivity contribution in [2.24, 2.45) is 5.84 Å². The van der Waals surface area contributed by atoms with Gasteiger partial charge in [0.1, 0.15) is 5.75 Å². The van der Waals surface area contributed by atoms with E-state index >= 15 is 0 Å². The summed E-state index contributed by atoms with van der Waals surface area (Å²) >= 11 is 0. The molecule has 0 saturated heterocycles. The van der Waals surface area contributed by atoms with Crippen LogP contribution in [0.2, 0.25) is 0 Å². The monoisotopic (exact) mass is 261 g/mol. The number of aromatic nitrogens is 3. The number of hydrogen-bond acceptors (Lipinski definition) is 7. The van der Waals surface area contributed by atoms with Gasteiger partial charge in [-0.05, 0) is 18.6 Å². The van der Waals surface area contributed by atoms with Crippen LogP contribution >= 0.6 is 0 Å². The Hall–Kier alpha value is -2.41. The molecule has 1 aromatic heterocycles. The Morgan fingerprint density at radius 3 is 2.53 bits per heavy atom. The minimum absolute atomic E-state index is 0.125. The molecule has 0 unspecified atom stereocenters. The van der Waals surface area contributed by atoms with E-state index in [4.69, 9.17) is 15.3 Å². The lowest BCUT2D eigenvalue weighted by molar-refractivity contribution is 0.285. The second kappa shape index (κ2) is 6.50. The highest BCUT2D eigenvalue weighted by Gasteiger charge is 2.08.